The van der Waals surface area contributed by atoms with Crippen molar-refractivity contribution in [3.63, 3.8) is 0 Å². The van der Waals surface area contributed by atoms with Gasteiger partial charge in [-0.15, -0.1) is 0 Å². The molecule has 0 aliphatic rings. The van der Waals surface area contributed by atoms with Gasteiger partial charge >= 0.3 is 0 Å². The van der Waals surface area contributed by atoms with E-state index in [4.69, 9.17) is 11.5 Å². The predicted molar refractivity (Wildman–Crippen MR) is 90.4 cm³/mol. The van der Waals surface area contributed by atoms with E-state index in [1.165, 1.54) is 4.90 Å². The van der Waals surface area contributed by atoms with Gasteiger partial charge < -0.3 is 21.4 Å². The Morgan fingerprint density at radius 2 is 1.78 bits per heavy atom. The molecule has 0 fully saturated rings. The number of rotatable bonds is 3. The summed E-state index contributed by atoms with van der Waals surface area (Å²) in [6.45, 7) is 0. The molecular weight excluding hydrogens is 292 g/mol. The number of amides is 2. The third kappa shape index (κ3) is 2.50. The molecule has 0 unspecified atom stereocenters. The van der Waals surface area contributed by atoms with Crippen molar-refractivity contribution in [2.45, 2.75) is 0 Å². The van der Waals surface area contributed by atoms with Crippen LogP contribution in [0.1, 0.15) is 20.7 Å². The first-order valence-corrected chi connectivity index (χ1v) is 7.03. The number of nitrogen functional groups attached to an aromatic ring is 1. The maximum absolute atomic E-state index is 12.5. The van der Waals surface area contributed by atoms with Crippen LogP contribution in [-0.2, 0) is 0 Å². The minimum absolute atomic E-state index is 0.125. The largest absolute Gasteiger partial charge is 0.385 e. The topological polar surface area (TPSA) is 105 Å². The van der Waals surface area contributed by atoms with Crippen LogP contribution < -0.4 is 16.4 Å². The summed E-state index contributed by atoms with van der Waals surface area (Å²) in [6, 6.07) is 14.2. The van der Waals surface area contributed by atoms with E-state index in [9.17, 15) is 9.59 Å². The smallest absolute Gasteiger partial charge is 0.258 e. The molecule has 2 amide bonds. The fourth-order valence-electron chi connectivity index (χ4n) is 2.57. The zero-order valence-corrected chi connectivity index (χ0v) is 12.5. The summed E-state index contributed by atoms with van der Waals surface area (Å²) >= 11 is 0. The summed E-state index contributed by atoms with van der Waals surface area (Å²) in [5.74, 6) is -0.489. The van der Waals surface area contributed by atoms with Crippen molar-refractivity contribution in [3.05, 3.63) is 59.7 Å². The molecule has 23 heavy (non-hydrogen) atoms. The number of fused-ring (bicyclic) bond motifs is 1. The summed E-state index contributed by atoms with van der Waals surface area (Å²) < 4.78 is 0. The second kappa shape index (κ2) is 5.49. The second-order valence-electron chi connectivity index (χ2n) is 5.24. The molecule has 6 heteroatoms. The van der Waals surface area contributed by atoms with E-state index in [2.05, 4.69) is 4.98 Å². The monoisotopic (exact) mass is 308 g/mol. The minimum atomic E-state index is -0.588. The highest BCUT2D eigenvalue weighted by Gasteiger charge is 2.17. The summed E-state index contributed by atoms with van der Waals surface area (Å²) in [6.07, 6.45) is 0. The van der Waals surface area contributed by atoms with Gasteiger partial charge in [-0.25, -0.2) is 0 Å². The predicted octanol–water partition coefficient (Wildman–Crippen LogP) is 2.13. The molecule has 0 saturated carbocycles. The zero-order valence-electron chi connectivity index (χ0n) is 12.5. The number of hydrogen-bond acceptors (Lipinski definition) is 3. The van der Waals surface area contributed by atoms with Gasteiger partial charge in [-0.3, -0.25) is 9.59 Å². The van der Waals surface area contributed by atoms with Gasteiger partial charge in [0.15, 0.2) is 0 Å². The van der Waals surface area contributed by atoms with E-state index in [1.54, 1.807) is 37.4 Å². The molecule has 0 saturated heterocycles. The Balaban J connectivity index is 2.01. The van der Waals surface area contributed by atoms with Gasteiger partial charge in [0.05, 0.1) is 5.56 Å². The number of aromatic nitrogens is 1. The molecule has 6 nitrogen and oxygen atoms in total. The van der Waals surface area contributed by atoms with Gasteiger partial charge in [0, 0.05) is 29.2 Å². The Morgan fingerprint density at radius 1 is 1.09 bits per heavy atom. The van der Waals surface area contributed by atoms with Crippen LogP contribution in [0.25, 0.3) is 10.9 Å². The molecule has 0 aliphatic heterocycles. The molecule has 0 aliphatic carbocycles. The number of primary amides is 1. The van der Waals surface area contributed by atoms with Crippen LogP contribution in [0, 0.1) is 0 Å². The molecule has 1 heterocycles. The van der Waals surface area contributed by atoms with Gasteiger partial charge in [-0.2, -0.15) is 0 Å². The third-order valence-electron chi connectivity index (χ3n) is 3.77. The van der Waals surface area contributed by atoms with Gasteiger partial charge in [-0.1, -0.05) is 18.2 Å². The number of benzene rings is 2. The summed E-state index contributed by atoms with van der Waals surface area (Å²) in [5.41, 5.74) is 13.3. The van der Waals surface area contributed by atoms with Crippen molar-refractivity contribution in [1.29, 1.82) is 0 Å². The first-order chi connectivity index (χ1) is 11.0. The maximum atomic E-state index is 12.5. The van der Waals surface area contributed by atoms with E-state index in [1.807, 2.05) is 18.2 Å². The van der Waals surface area contributed by atoms with Crippen LogP contribution in [-0.4, -0.2) is 23.8 Å². The van der Waals surface area contributed by atoms with Crippen LogP contribution in [0.15, 0.2) is 48.5 Å². The molecule has 3 aromatic rings. The van der Waals surface area contributed by atoms with Crippen molar-refractivity contribution >= 4 is 34.2 Å². The Labute approximate surface area is 132 Å². The average Bonchev–Trinajstić information content (AvgIpc) is 2.89. The standard InChI is InChI=1S/C17H16N4O2/c1-21(17(23)10-5-3-2-4-6-10)11-7-8-12-13(9-11)20-15(18)14(12)16(19)22/h2-9,20H,18H2,1H3,(H2,19,22). The lowest BCUT2D eigenvalue weighted by Crippen LogP contribution is -2.26. The fraction of sp³-hybridized carbons (Fsp3) is 0.0588. The molecule has 0 radical (unpaired) electrons. The van der Waals surface area contributed by atoms with Crippen LogP contribution in [0.4, 0.5) is 11.5 Å². The Hall–Kier alpha value is -3.28. The molecule has 0 bridgehead atoms. The quantitative estimate of drug-likeness (QED) is 0.690. The first kappa shape index (κ1) is 14.6. The number of nitrogens with one attached hydrogen (secondary N) is 1. The zero-order chi connectivity index (χ0) is 16.6. The van der Waals surface area contributed by atoms with Crippen molar-refractivity contribution in [1.82, 2.24) is 4.98 Å². The molecule has 0 spiro atoms. The molecule has 0 atom stereocenters. The molecular formula is C17H16N4O2. The number of carbonyl (C=O) groups excluding carboxylic acids is 2. The van der Waals surface area contributed by atoms with Crippen LogP contribution in [0.3, 0.4) is 0 Å². The highest BCUT2D eigenvalue weighted by atomic mass is 16.2. The number of nitrogens with two attached hydrogens (primary N) is 2. The van der Waals surface area contributed by atoms with E-state index < -0.39 is 5.91 Å². The number of hydrogen-bond donors (Lipinski definition) is 3. The van der Waals surface area contributed by atoms with E-state index >= 15 is 0 Å². The van der Waals surface area contributed by atoms with Crippen molar-refractivity contribution < 1.29 is 9.59 Å². The normalized spacial score (nSPS) is 10.7. The average molecular weight is 308 g/mol. The highest BCUT2D eigenvalue weighted by Crippen LogP contribution is 2.28. The lowest BCUT2D eigenvalue weighted by molar-refractivity contribution is 0.0988. The Kier molecular flexibility index (Phi) is 3.50. The minimum Gasteiger partial charge on any atom is -0.385 e. The van der Waals surface area contributed by atoms with E-state index in [-0.39, 0.29) is 17.3 Å². The number of H-pyrrole nitrogens is 1. The van der Waals surface area contributed by atoms with Gasteiger partial charge in [0.1, 0.15) is 5.82 Å². The Morgan fingerprint density at radius 3 is 2.43 bits per heavy atom. The highest BCUT2D eigenvalue weighted by molar-refractivity contribution is 6.12. The first-order valence-electron chi connectivity index (χ1n) is 7.03. The number of anilines is 2. The summed E-state index contributed by atoms with van der Waals surface area (Å²) in [4.78, 5) is 28.4. The molecule has 3 rings (SSSR count). The lowest BCUT2D eigenvalue weighted by Gasteiger charge is -2.17. The van der Waals surface area contributed by atoms with Gasteiger partial charge in [-0.05, 0) is 30.3 Å². The van der Waals surface area contributed by atoms with Gasteiger partial charge in [0.25, 0.3) is 11.8 Å². The molecule has 5 N–H and O–H groups in total. The van der Waals surface area contributed by atoms with Crippen molar-refractivity contribution in [2.75, 3.05) is 17.7 Å². The summed E-state index contributed by atoms with van der Waals surface area (Å²) in [5, 5.41) is 0.638. The number of carbonyl (C=O) groups is 2. The lowest BCUT2D eigenvalue weighted by atomic mass is 10.1. The van der Waals surface area contributed by atoms with Gasteiger partial charge in [0.2, 0.25) is 0 Å². The van der Waals surface area contributed by atoms with Crippen molar-refractivity contribution in [3.8, 4) is 0 Å². The van der Waals surface area contributed by atoms with Crippen molar-refractivity contribution in [2.24, 2.45) is 5.73 Å². The van der Waals surface area contributed by atoms with E-state index in [0.717, 1.165) is 0 Å². The number of aromatic amines is 1. The summed E-state index contributed by atoms with van der Waals surface area (Å²) in [7, 11) is 1.69. The third-order valence-corrected chi connectivity index (χ3v) is 3.77. The second-order valence-corrected chi connectivity index (χ2v) is 5.24. The van der Waals surface area contributed by atoms with Crippen LogP contribution >= 0.6 is 0 Å². The van der Waals surface area contributed by atoms with E-state index in [0.29, 0.717) is 22.2 Å². The fourth-order valence-corrected chi connectivity index (χ4v) is 2.57. The van der Waals surface area contributed by atoms with Crippen LogP contribution in [0.5, 0.6) is 0 Å². The Bertz CT molecular complexity index is 900. The number of nitrogens with zero attached hydrogens (tertiary/aromatic N) is 1. The SMILES string of the molecule is CN(C(=O)c1ccccc1)c1ccc2c(C(N)=O)c(N)[nH]c2c1. The maximum Gasteiger partial charge on any atom is 0.258 e. The molecule has 2 aromatic carbocycles. The molecule has 116 valence electrons. The molecule has 1 aromatic heterocycles. The van der Waals surface area contributed by atoms with Crippen LogP contribution in [0.2, 0.25) is 0 Å².